The van der Waals surface area contributed by atoms with Crippen LogP contribution in [0.25, 0.3) is 0 Å². The third-order valence-corrected chi connectivity index (χ3v) is 3.57. The van der Waals surface area contributed by atoms with E-state index >= 15 is 0 Å². The zero-order valence-electron chi connectivity index (χ0n) is 11.2. The summed E-state index contributed by atoms with van der Waals surface area (Å²) in [7, 11) is 0. The maximum atomic E-state index is 12.2. The number of carbonyl (C=O) groups is 1. The fourth-order valence-corrected chi connectivity index (χ4v) is 2.85. The summed E-state index contributed by atoms with van der Waals surface area (Å²) in [6, 6.07) is 0.389. The first-order chi connectivity index (χ1) is 7.97. The van der Waals surface area contributed by atoms with Gasteiger partial charge < -0.3 is 15.0 Å². The molecule has 2 fully saturated rings. The molecule has 2 rings (SSSR count). The summed E-state index contributed by atoms with van der Waals surface area (Å²) in [5.74, 6) is 0.616. The van der Waals surface area contributed by atoms with Gasteiger partial charge in [-0.3, -0.25) is 0 Å². The molecule has 0 aromatic carbocycles. The van der Waals surface area contributed by atoms with E-state index in [0.29, 0.717) is 12.0 Å². The van der Waals surface area contributed by atoms with Gasteiger partial charge >= 0.3 is 6.09 Å². The number of nitrogens with one attached hydrogen (secondary N) is 1. The van der Waals surface area contributed by atoms with Gasteiger partial charge in [0.2, 0.25) is 0 Å². The molecule has 98 valence electrons. The van der Waals surface area contributed by atoms with E-state index in [4.69, 9.17) is 4.74 Å². The summed E-state index contributed by atoms with van der Waals surface area (Å²) >= 11 is 0. The van der Waals surface area contributed by atoms with E-state index in [9.17, 15) is 4.79 Å². The second kappa shape index (κ2) is 4.84. The standard InChI is InChI=1S/C13H24N2O2/c1-13(2,3)17-12(16)15-8-4-5-10-9-14-7-6-11(10)15/h10-11,14H,4-9H2,1-3H3/t10-,11+/m0/s1. The normalized spacial score (nSPS) is 29.7. The minimum atomic E-state index is -0.392. The molecule has 0 bridgehead atoms. The van der Waals surface area contributed by atoms with Crippen molar-refractivity contribution in [3.05, 3.63) is 0 Å². The molecule has 2 saturated heterocycles. The number of piperidine rings is 2. The Balaban J connectivity index is 2.01. The predicted molar refractivity (Wildman–Crippen MR) is 66.9 cm³/mol. The highest BCUT2D eigenvalue weighted by Crippen LogP contribution is 2.28. The lowest BCUT2D eigenvalue weighted by Crippen LogP contribution is -2.55. The Hall–Kier alpha value is -0.770. The molecule has 2 heterocycles. The fourth-order valence-electron chi connectivity index (χ4n) is 2.85. The smallest absolute Gasteiger partial charge is 0.410 e. The molecule has 0 radical (unpaired) electrons. The Labute approximate surface area is 104 Å². The van der Waals surface area contributed by atoms with Crippen molar-refractivity contribution >= 4 is 6.09 Å². The molecular weight excluding hydrogens is 216 g/mol. The summed E-state index contributed by atoms with van der Waals surface area (Å²) in [5.41, 5.74) is -0.392. The topological polar surface area (TPSA) is 41.6 Å². The second-order valence-electron chi connectivity index (χ2n) is 6.14. The molecule has 0 aromatic rings. The van der Waals surface area contributed by atoms with Crippen LogP contribution in [-0.2, 0) is 4.74 Å². The molecule has 17 heavy (non-hydrogen) atoms. The number of hydrogen-bond acceptors (Lipinski definition) is 3. The maximum Gasteiger partial charge on any atom is 0.410 e. The van der Waals surface area contributed by atoms with Gasteiger partial charge in [-0.15, -0.1) is 0 Å². The van der Waals surface area contributed by atoms with Crippen LogP contribution in [0.15, 0.2) is 0 Å². The number of rotatable bonds is 0. The van der Waals surface area contributed by atoms with Gasteiger partial charge in [-0.25, -0.2) is 4.79 Å². The Kier molecular flexibility index (Phi) is 3.61. The van der Waals surface area contributed by atoms with Crippen LogP contribution in [0.1, 0.15) is 40.0 Å². The third kappa shape index (κ3) is 3.12. The van der Waals surface area contributed by atoms with Crippen LogP contribution in [0.5, 0.6) is 0 Å². The fraction of sp³-hybridized carbons (Fsp3) is 0.923. The van der Waals surface area contributed by atoms with E-state index < -0.39 is 5.60 Å². The molecule has 4 heteroatoms. The first kappa shape index (κ1) is 12.7. The quantitative estimate of drug-likeness (QED) is 0.704. The van der Waals surface area contributed by atoms with Gasteiger partial charge in [-0.1, -0.05) is 0 Å². The molecule has 2 aliphatic rings. The number of fused-ring (bicyclic) bond motifs is 1. The largest absolute Gasteiger partial charge is 0.444 e. The number of carbonyl (C=O) groups excluding carboxylic acids is 1. The number of nitrogens with zero attached hydrogens (tertiary/aromatic N) is 1. The lowest BCUT2D eigenvalue weighted by Gasteiger charge is -2.44. The summed E-state index contributed by atoms with van der Waals surface area (Å²) in [6.07, 6.45) is 3.26. The molecule has 4 nitrogen and oxygen atoms in total. The minimum absolute atomic E-state index is 0.130. The number of hydrogen-bond donors (Lipinski definition) is 1. The van der Waals surface area contributed by atoms with Crippen molar-refractivity contribution < 1.29 is 9.53 Å². The minimum Gasteiger partial charge on any atom is -0.444 e. The molecule has 0 saturated carbocycles. The third-order valence-electron chi connectivity index (χ3n) is 3.57. The Morgan fingerprint density at radius 2 is 2.12 bits per heavy atom. The van der Waals surface area contributed by atoms with E-state index in [-0.39, 0.29) is 6.09 Å². The highest BCUT2D eigenvalue weighted by Gasteiger charge is 2.37. The van der Waals surface area contributed by atoms with Crippen molar-refractivity contribution in [1.29, 1.82) is 0 Å². The number of ether oxygens (including phenoxy) is 1. The number of likely N-dealkylation sites (tertiary alicyclic amines) is 1. The van der Waals surface area contributed by atoms with Gasteiger partial charge in [0.1, 0.15) is 5.60 Å². The average Bonchev–Trinajstić information content (AvgIpc) is 2.26. The molecule has 0 unspecified atom stereocenters. The summed E-state index contributed by atoms with van der Waals surface area (Å²) < 4.78 is 5.49. The van der Waals surface area contributed by atoms with Crippen LogP contribution in [-0.4, -0.2) is 42.3 Å². The second-order valence-corrected chi connectivity index (χ2v) is 6.14. The molecule has 1 N–H and O–H groups in total. The Morgan fingerprint density at radius 1 is 1.35 bits per heavy atom. The van der Waals surface area contributed by atoms with Crippen molar-refractivity contribution in [1.82, 2.24) is 10.2 Å². The van der Waals surface area contributed by atoms with Crippen molar-refractivity contribution in [3.63, 3.8) is 0 Å². The number of amides is 1. The van der Waals surface area contributed by atoms with Crippen LogP contribution in [0.4, 0.5) is 4.79 Å². The van der Waals surface area contributed by atoms with Gasteiger partial charge in [0, 0.05) is 12.6 Å². The molecule has 1 amide bonds. The van der Waals surface area contributed by atoms with Gasteiger partial charge in [-0.05, 0) is 59.0 Å². The Morgan fingerprint density at radius 3 is 2.82 bits per heavy atom. The van der Waals surface area contributed by atoms with E-state index in [1.54, 1.807) is 0 Å². The first-order valence-corrected chi connectivity index (χ1v) is 6.68. The van der Waals surface area contributed by atoms with Crippen molar-refractivity contribution in [3.8, 4) is 0 Å². The molecule has 2 aliphatic heterocycles. The zero-order chi connectivity index (χ0) is 12.5. The highest BCUT2D eigenvalue weighted by atomic mass is 16.6. The van der Waals surface area contributed by atoms with Crippen LogP contribution >= 0.6 is 0 Å². The maximum absolute atomic E-state index is 12.2. The monoisotopic (exact) mass is 240 g/mol. The van der Waals surface area contributed by atoms with E-state index in [1.165, 1.54) is 6.42 Å². The van der Waals surface area contributed by atoms with E-state index in [0.717, 1.165) is 32.5 Å². The van der Waals surface area contributed by atoms with Crippen LogP contribution in [0.2, 0.25) is 0 Å². The Bertz CT molecular complexity index is 284. The average molecular weight is 240 g/mol. The van der Waals surface area contributed by atoms with Crippen LogP contribution in [0, 0.1) is 5.92 Å². The van der Waals surface area contributed by atoms with Crippen molar-refractivity contribution in [2.45, 2.75) is 51.7 Å². The lowest BCUT2D eigenvalue weighted by atomic mass is 9.85. The van der Waals surface area contributed by atoms with Gasteiger partial charge in [0.25, 0.3) is 0 Å². The summed E-state index contributed by atoms with van der Waals surface area (Å²) in [5, 5.41) is 3.41. The van der Waals surface area contributed by atoms with Crippen molar-refractivity contribution in [2.75, 3.05) is 19.6 Å². The summed E-state index contributed by atoms with van der Waals surface area (Å²) in [4.78, 5) is 14.1. The van der Waals surface area contributed by atoms with Gasteiger partial charge in [0.15, 0.2) is 0 Å². The first-order valence-electron chi connectivity index (χ1n) is 6.68. The van der Waals surface area contributed by atoms with Gasteiger partial charge in [-0.2, -0.15) is 0 Å². The summed E-state index contributed by atoms with van der Waals surface area (Å²) in [6.45, 7) is 8.69. The van der Waals surface area contributed by atoms with E-state index in [2.05, 4.69) is 5.32 Å². The van der Waals surface area contributed by atoms with Crippen molar-refractivity contribution in [2.24, 2.45) is 5.92 Å². The lowest BCUT2D eigenvalue weighted by molar-refractivity contribution is -0.00497. The van der Waals surface area contributed by atoms with Crippen LogP contribution < -0.4 is 5.32 Å². The molecule has 0 aromatic heterocycles. The predicted octanol–water partition coefficient (Wildman–Crippen LogP) is 2.00. The highest BCUT2D eigenvalue weighted by molar-refractivity contribution is 5.68. The zero-order valence-corrected chi connectivity index (χ0v) is 11.2. The molecule has 0 spiro atoms. The van der Waals surface area contributed by atoms with E-state index in [1.807, 2.05) is 25.7 Å². The molecular formula is C13H24N2O2. The SMILES string of the molecule is CC(C)(C)OC(=O)N1CCC[C@H]2CNCC[C@H]21. The molecule has 0 aliphatic carbocycles. The molecule has 2 atom stereocenters. The van der Waals surface area contributed by atoms with Crippen LogP contribution in [0.3, 0.4) is 0 Å². The van der Waals surface area contributed by atoms with Gasteiger partial charge in [0.05, 0.1) is 0 Å².